The Morgan fingerprint density at radius 1 is 1.16 bits per heavy atom. The molecule has 0 unspecified atom stereocenters. The largest absolute Gasteiger partial charge is 0.387 e. The number of rotatable bonds is 4. The minimum Gasteiger partial charge on any atom is -0.387 e. The van der Waals surface area contributed by atoms with E-state index in [9.17, 15) is 5.11 Å². The zero-order valence-corrected chi connectivity index (χ0v) is 14.5. The number of aliphatic hydroxyl groups is 1. The Labute approximate surface area is 148 Å². The van der Waals surface area contributed by atoms with Crippen LogP contribution in [0.5, 0.6) is 0 Å². The van der Waals surface area contributed by atoms with Crippen LogP contribution in [0.25, 0.3) is 5.65 Å². The fourth-order valence-corrected chi connectivity index (χ4v) is 3.79. The number of piperidine rings is 1. The second-order valence-corrected chi connectivity index (χ2v) is 6.89. The van der Waals surface area contributed by atoms with E-state index in [2.05, 4.69) is 32.4 Å². The third-order valence-corrected chi connectivity index (χ3v) is 5.27. The van der Waals surface area contributed by atoms with Crippen molar-refractivity contribution >= 4 is 5.65 Å². The Balaban J connectivity index is 1.41. The average molecular weight is 336 g/mol. The first kappa shape index (κ1) is 16.2. The van der Waals surface area contributed by atoms with Crippen molar-refractivity contribution in [1.82, 2.24) is 19.3 Å². The van der Waals surface area contributed by atoms with Gasteiger partial charge in [0.1, 0.15) is 5.65 Å². The minimum atomic E-state index is -0.458. The first-order valence-corrected chi connectivity index (χ1v) is 8.96. The van der Waals surface area contributed by atoms with E-state index in [1.54, 1.807) is 6.20 Å². The van der Waals surface area contributed by atoms with Crippen LogP contribution in [-0.2, 0) is 6.54 Å². The van der Waals surface area contributed by atoms with Crippen LogP contribution >= 0.6 is 0 Å². The molecule has 1 aliphatic rings. The Hall–Kier alpha value is -2.24. The van der Waals surface area contributed by atoms with Crippen LogP contribution in [0.4, 0.5) is 0 Å². The van der Waals surface area contributed by atoms with Crippen molar-refractivity contribution < 1.29 is 5.11 Å². The molecule has 130 valence electrons. The molecule has 4 heterocycles. The van der Waals surface area contributed by atoms with E-state index in [4.69, 9.17) is 0 Å². The van der Waals surface area contributed by atoms with Gasteiger partial charge in [0.05, 0.1) is 23.2 Å². The molecule has 5 heteroatoms. The van der Waals surface area contributed by atoms with Crippen LogP contribution < -0.4 is 0 Å². The summed E-state index contributed by atoms with van der Waals surface area (Å²) in [4.78, 5) is 11.4. The van der Waals surface area contributed by atoms with Gasteiger partial charge in [0.2, 0.25) is 0 Å². The molecule has 4 rings (SSSR count). The van der Waals surface area contributed by atoms with Crippen molar-refractivity contribution in [3.8, 4) is 0 Å². The normalized spacial score (nSPS) is 17.8. The van der Waals surface area contributed by atoms with E-state index < -0.39 is 6.10 Å². The van der Waals surface area contributed by atoms with Crippen LogP contribution in [0.2, 0.25) is 0 Å². The molecule has 1 fully saturated rings. The van der Waals surface area contributed by atoms with Crippen molar-refractivity contribution in [1.29, 1.82) is 0 Å². The van der Waals surface area contributed by atoms with Crippen LogP contribution in [0.1, 0.15) is 36.0 Å². The maximum atomic E-state index is 10.6. The lowest BCUT2D eigenvalue weighted by atomic mass is 9.89. The van der Waals surface area contributed by atoms with Gasteiger partial charge in [0.25, 0.3) is 0 Å². The summed E-state index contributed by atoms with van der Waals surface area (Å²) in [6.45, 7) is 4.98. The smallest absolute Gasteiger partial charge is 0.137 e. The monoisotopic (exact) mass is 336 g/mol. The van der Waals surface area contributed by atoms with Gasteiger partial charge in [-0.3, -0.25) is 9.88 Å². The lowest BCUT2D eigenvalue weighted by Gasteiger charge is -2.34. The first-order valence-electron chi connectivity index (χ1n) is 8.96. The van der Waals surface area contributed by atoms with Crippen molar-refractivity contribution in [2.45, 2.75) is 32.4 Å². The molecule has 0 aliphatic carbocycles. The summed E-state index contributed by atoms with van der Waals surface area (Å²) in [5.74, 6) is 0.287. The van der Waals surface area contributed by atoms with E-state index in [1.807, 2.05) is 36.4 Å². The van der Waals surface area contributed by atoms with Gasteiger partial charge < -0.3 is 9.51 Å². The van der Waals surface area contributed by atoms with Gasteiger partial charge in [0.15, 0.2) is 0 Å². The Bertz CT molecular complexity index is 837. The molecular weight excluding hydrogens is 312 g/mol. The number of aliphatic hydroxyl groups excluding tert-OH is 1. The molecule has 3 aromatic rings. The van der Waals surface area contributed by atoms with E-state index in [0.717, 1.165) is 49.5 Å². The third kappa shape index (κ3) is 3.30. The number of aryl methyl sites for hydroxylation is 1. The summed E-state index contributed by atoms with van der Waals surface area (Å²) in [5.41, 5.74) is 4.16. The van der Waals surface area contributed by atoms with Crippen LogP contribution in [0, 0.1) is 12.8 Å². The van der Waals surface area contributed by atoms with Gasteiger partial charge in [-0.15, -0.1) is 0 Å². The molecule has 0 radical (unpaired) electrons. The summed E-state index contributed by atoms with van der Waals surface area (Å²) in [6.07, 6.45) is 5.37. The third-order valence-electron chi connectivity index (χ3n) is 5.27. The van der Waals surface area contributed by atoms with E-state index in [-0.39, 0.29) is 5.92 Å². The fraction of sp³-hybridized carbons (Fsp3) is 0.400. The number of pyridine rings is 2. The van der Waals surface area contributed by atoms with Crippen LogP contribution in [-0.4, -0.2) is 37.5 Å². The molecule has 1 saturated heterocycles. The van der Waals surface area contributed by atoms with Gasteiger partial charge in [-0.25, -0.2) is 4.98 Å². The van der Waals surface area contributed by atoms with Crippen molar-refractivity contribution in [3.63, 3.8) is 0 Å². The molecule has 0 spiro atoms. The molecule has 5 nitrogen and oxygen atoms in total. The molecule has 0 bridgehead atoms. The number of likely N-dealkylation sites (tertiary alicyclic amines) is 1. The lowest BCUT2D eigenvalue weighted by Crippen LogP contribution is -2.35. The Morgan fingerprint density at radius 3 is 2.72 bits per heavy atom. The van der Waals surface area contributed by atoms with E-state index in [1.165, 1.54) is 5.69 Å². The number of hydrogen-bond acceptors (Lipinski definition) is 4. The zero-order valence-electron chi connectivity index (χ0n) is 14.5. The molecule has 1 atom stereocenters. The maximum absolute atomic E-state index is 10.6. The maximum Gasteiger partial charge on any atom is 0.137 e. The van der Waals surface area contributed by atoms with Gasteiger partial charge >= 0.3 is 0 Å². The van der Waals surface area contributed by atoms with Gasteiger partial charge in [-0.05, 0) is 63.0 Å². The zero-order chi connectivity index (χ0) is 17.2. The number of hydrogen-bond donors (Lipinski definition) is 1. The SMILES string of the molecule is Cc1nc2ccccn2c1CN1CCC([C@H](O)c2ccccn2)CC1. The van der Waals surface area contributed by atoms with Gasteiger partial charge in [-0.2, -0.15) is 0 Å². The molecule has 1 aliphatic heterocycles. The van der Waals surface area contributed by atoms with Gasteiger partial charge in [0, 0.05) is 18.9 Å². The molecule has 25 heavy (non-hydrogen) atoms. The number of fused-ring (bicyclic) bond motifs is 1. The molecule has 0 saturated carbocycles. The Morgan fingerprint density at radius 2 is 1.96 bits per heavy atom. The summed E-state index contributed by atoms with van der Waals surface area (Å²) >= 11 is 0. The van der Waals surface area contributed by atoms with Crippen molar-refractivity contribution in [3.05, 3.63) is 65.9 Å². The standard InChI is InChI=1S/C20H24N4O/c1-15-18(24-11-5-3-7-19(24)22-15)14-23-12-8-16(9-13-23)20(25)17-6-2-4-10-21-17/h2-7,10-11,16,20,25H,8-9,12-14H2,1H3/t20-/m0/s1. The fourth-order valence-electron chi connectivity index (χ4n) is 3.79. The number of aromatic nitrogens is 3. The minimum absolute atomic E-state index is 0.287. The molecule has 3 aromatic heterocycles. The summed E-state index contributed by atoms with van der Waals surface area (Å²) in [6, 6.07) is 11.9. The van der Waals surface area contributed by atoms with E-state index in [0.29, 0.717) is 0 Å². The molecule has 0 amide bonds. The average Bonchev–Trinajstić information content (AvgIpc) is 2.98. The van der Waals surface area contributed by atoms with Gasteiger partial charge in [-0.1, -0.05) is 12.1 Å². The summed E-state index contributed by atoms with van der Waals surface area (Å²) in [5, 5.41) is 10.6. The number of nitrogens with zero attached hydrogens (tertiary/aromatic N) is 4. The van der Waals surface area contributed by atoms with Crippen molar-refractivity contribution in [2.75, 3.05) is 13.1 Å². The van der Waals surface area contributed by atoms with Crippen LogP contribution in [0.3, 0.4) is 0 Å². The number of imidazole rings is 1. The predicted molar refractivity (Wildman–Crippen MR) is 97.1 cm³/mol. The Kier molecular flexibility index (Phi) is 4.51. The molecule has 1 N–H and O–H groups in total. The predicted octanol–water partition coefficient (Wildman–Crippen LogP) is 2.98. The highest BCUT2D eigenvalue weighted by atomic mass is 16.3. The second-order valence-electron chi connectivity index (χ2n) is 6.89. The lowest BCUT2D eigenvalue weighted by molar-refractivity contribution is 0.0535. The summed E-state index contributed by atoms with van der Waals surface area (Å²) < 4.78 is 2.18. The van der Waals surface area contributed by atoms with Crippen LogP contribution in [0.15, 0.2) is 48.8 Å². The molecular formula is C20H24N4O. The highest BCUT2D eigenvalue weighted by molar-refractivity contribution is 5.42. The highest BCUT2D eigenvalue weighted by Crippen LogP contribution is 2.30. The molecule has 0 aromatic carbocycles. The van der Waals surface area contributed by atoms with E-state index >= 15 is 0 Å². The summed E-state index contributed by atoms with van der Waals surface area (Å²) in [7, 11) is 0. The van der Waals surface area contributed by atoms with Crippen molar-refractivity contribution in [2.24, 2.45) is 5.92 Å². The topological polar surface area (TPSA) is 53.7 Å². The highest BCUT2D eigenvalue weighted by Gasteiger charge is 2.27. The second kappa shape index (κ2) is 6.94. The quantitative estimate of drug-likeness (QED) is 0.796. The first-order chi connectivity index (χ1) is 12.2.